The molecular formula is C18H13N3S. The standard InChI is InChI=1S/C18H13N3S/c19-11-14(18-20-15-6-2-4-8-17(15)22-18)12-21-10-9-13-5-1-3-7-16(13)21/h1-8,12H,9-10H2/b14-12+. The molecule has 0 unspecified atom stereocenters. The summed E-state index contributed by atoms with van der Waals surface area (Å²) in [5.41, 5.74) is 4.10. The monoisotopic (exact) mass is 303 g/mol. The van der Waals surface area contributed by atoms with Gasteiger partial charge in [0.05, 0.1) is 10.2 Å². The van der Waals surface area contributed by atoms with Gasteiger partial charge in [-0.25, -0.2) is 4.98 Å². The molecule has 3 aromatic rings. The molecule has 22 heavy (non-hydrogen) atoms. The maximum Gasteiger partial charge on any atom is 0.136 e. The van der Waals surface area contributed by atoms with E-state index < -0.39 is 0 Å². The van der Waals surface area contributed by atoms with Gasteiger partial charge in [0.2, 0.25) is 0 Å². The predicted octanol–water partition coefficient (Wildman–Crippen LogP) is 4.22. The van der Waals surface area contributed by atoms with E-state index in [-0.39, 0.29) is 0 Å². The van der Waals surface area contributed by atoms with Crippen LogP contribution >= 0.6 is 11.3 Å². The number of hydrogen-bond acceptors (Lipinski definition) is 4. The highest BCUT2D eigenvalue weighted by Crippen LogP contribution is 2.31. The van der Waals surface area contributed by atoms with Crippen LogP contribution < -0.4 is 4.90 Å². The van der Waals surface area contributed by atoms with Crippen LogP contribution in [0.15, 0.2) is 54.7 Å². The van der Waals surface area contributed by atoms with Crippen molar-refractivity contribution in [1.29, 1.82) is 5.26 Å². The van der Waals surface area contributed by atoms with E-state index >= 15 is 0 Å². The van der Waals surface area contributed by atoms with E-state index in [1.165, 1.54) is 11.3 Å². The van der Waals surface area contributed by atoms with Gasteiger partial charge in [-0.1, -0.05) is 30.3 Å². The van der Waals surface area contributed by atoms with Crippen LogP contribution in [0.4, 0.5) is 5.69 Å². The van der Waals surface area contributed by atoms with Crippen LogP contribution in [0.25, 0.3) is 15.8 Å². The fourth-order valence-electron chi connectivity index (χ4n) is 2.77. The second-order valence-electron chi connectivity index (χ2n) is 5.21. The molecule has 0 spiro atoms. The van der Waals surface area contributed by atoms with E-state index in [9.17, 15) is 5.26 Å². The number of anilines is 1. The van der Waals surface area contributed by atoms with Gasteiger partial charge in [0.1, 0.15) is 16.6 Å². The average molecular weight is 303 g/mol. The van der Waals surface area contributed by atoms with Crippen LogP contribution in [0.2, 0.25) is 0 Å². The molecule has 0 bridgehead atoms. The van der Waals surface area contributed by atoms with Crippen molar-refractivity contribution in [2.24, 2.45) is 0 Å². The number of benzene rings is 2. The first-order chi connectivity index (χ1) is 10.8. The Kier molecular flexibility index (Phi) is 3.14. The number of hydrogen-bond donors (Lipinski definition) is 0. The van der Waals surface area contributed by atoms with Crippen molar-refractivity contribution in [3.63, 3.8) is 0 Å². The molecule has 1 aliphatic rings. The Balaban J connectivity index is 1.75. The Labute approximate surface area is 132 Å². The number of rotatable bonds is 2. The fraction of sp³-hybridized carbons (Fsp3) is 0.111. The molecule has 1 aliphatic heterocycles. The minimum absolute atomic E-state index is 0.623. The van der Waals surface area contributed by atoms with Crippen LogP contribution in [0.3, 0.4) is 0 Å². The largest absolute Gasteiger partial charge is 0.346 e. The molecule has 2 aromatic carbocycles. The molecule has 2 heterocycles. The third-order valence-electron chi connectivity index (χ3n) is 3.85. The summed E-state index contributed by atoms with van der Waals surface area (Å²) in [6.07, 6.45) is 2.95. The van der Waals surface area contributed by atoms with Crippen molar-refractivity contribution >= 4 is 32.8 Å². The molecule has 3 nitrogen and oxygen atoms in total. The van der Waals surface area contributed by atoms with Gasteiger partial charge in [0, 0.05) is 18.4 Å². The first kappa shape index (κ1) is 13.1. The molecule has 0 saturated carbocycles. The number of nitrogens with zero attached hydrogens (tertiary/aromatic N) is 3. The van der Waals surface area contributed by atoms with E-state index in [4.69, 9.17) is 0 Å². The molecule has 0 atom stereocenters. The maximum atomic E-state index is 9.53. The summed E-state index contributed by atoms with van der Waals surface area (Å²) in [5.74, 6) is 0. The van der Waals surface area contributed by atoms with Crippen molar-refractivity contribution in [3.05, 3.63) is 65.3 Å². The lowest BCUT2D eigenvalue weighted by Crippen LogP contribution is -2.12. The fourth-order valence-corrected chi connectivity index (χ4v) is 3.70. The van der Waals surface area contributed by atoms with Crippen molar-refractivity contribution in [2.75, 3.05) is 11.4 Å². The third kappa shape index (κ3) is 2.16. The Morgan fingerprint density at radius 1 is 1.18 bits per heavy atom. The van der Waals surface area contributed by atoms with Gasteiger partial charge in [0.25, 0.3) is 0 Å². The summed E-state index contributed by atoms with van der Waals surface area (Å²) in [6, 6.07) is 18.6. The van der Waals surface area contributed by atoms with E-state index in [1.807, 2.05) is 36.5 Å². The smallest absolute Gasteiger partial charge is 0.136 e. The van der Waals surface area contributed by atoms with Gasteiger partial charge in [-0.2, -0.15) is 5.26 Å². The molecule has 4 rings (SSSR count). The van der Waals surface area contributed by atoms with Crippen molar-refractivity contribution in [1.82, 2.24) is 4.98 Å². The summed E-state index contributed by atoms with van der Waals surface area (Å²) in [6.45, 7) is 0.912. The number of nitriles is 1. The van der Waals surface area contributed by atoms with Crippen LogP contribution in [0.5, 0.6) is 0 Å². The Bertz CT molecular complexity index is 884. The van der Waals surface area contributed by atoms with Gasteiger partial charge in [-0.3, -0.25) is 0 Å². The van der Waals surface area contributed by atoms with Crippen LogP contribution in [0, 0.1) is 11.3 Å². The van der Waals surface area contributed by atoms with Gasteiger partial charge in [0.15, 0.2) is 0 Å². The van der Waals surface area contributed by atoms with E-state index in [0.29, 0.717) is 5.57 Å². The Morgan fingerprint density at radius 3 is 2.86 bits per heavy atom. The number of fused-ring (bicyclic) bond motifs is 2. The lowest BCUT2D eigenvalue weighted by molar-refractivity contribution is 0.994. The van der Waals surface area contributed by atoms with Crippen molar-refractivity contribution in [3.8, 4) is 6.07 Å². The van der Waals surface area contributed by atoms with Gasteiger partial charge in [-0.15, -0.1) is 11.3 Å². The number of allylic oxidation sites excluding steroid dienone is 1. The molecule has 1 aromatic heterocycles. The average Bonchev–Trinajstić information content (AvgIpc) is 3.16. The van der Waals surface area contributed by atoms with Crippen LogP contribution in [-0.4, -0.2) is 11.5 Å². The Hall–Kier alpha value is -2.64. The molecule has 4 heteroatoms. The maximum absolute atomic E-state index is 9.53. The van der Waals surface area contributed by atoms with Crippen molar-refractivity contribution in [2.45, 2.75) is 6.42 Å². The van der Waals surface area contributed by atoms with Gasteiger partial charge >= 0.3 is 0 Å². The highest BCUT2D eigenvalue weighted by molar-refractivity contribution is 7.19. The topological polar surface area (TPSA) is 39.9 Å². The van der Waals surface area contributed by atoms with E-state index in [0.717, 1.165) is 28.2 Å². The normalized spacial score (nSPS) is 14.1. The number of aromatic nitrogens is 1. The second-order valence-corrected chi connectivity index (χ2v) is 6.24. The van der Waals surface area contributed by atoms with E-state index in [1.54, 1.807) is 11.3 Å². The lowest BCUT2D eigenvalue weighted by Gasteiger charge is -2.14. The molecule has 0 radical (unpaired) electrons. The zero-order valence-electron chi connectivity index (χ0n) is 11.9. The van der Waals surface area contributed by atoms with E-state index in [2.05, 4.69) is 34.2 Å². The highest BCUT2D eigenvalue weighted by atomic mass is 32.1. The Morgan fingerprint density at radius 2 is 2.00 bits per heavy atom. The van der Waals surface area contributed by atoms with Crippen LogP contribution in [0.1, 0.15) is 10.6 Å². The predicted molar refractivity (Wildman–Crippen MR) is 90.7 cm³/mol. The molecule has 106 valence electrons. The molecule has 0 saturated heterocycles. The summed E-state index contributed by atoms with van der Waals surface area (Å²) in [4.78, 5) is 6.74. The van der Waals surface area contributed by atoms with Gasteiger partial charge in [-0.05, 0) is 30.2 Å². The summed E-state index contributed by atoms with van der Waals surface area (Å²) in [7, 11) is 0. The minimum Gasteiger partial charge on any atom is -0.346 e. The van der Waals surface area contributed by atoms with Gasteiger partial charge < -0.3 is 4.90 Å². The first-order valence-corrected chi connectivity index (χ1v) is 7.99. The first-order valence-electron chi connectivity index (χ1n) is 7.17. The summed E-state index contributed by atoms with van der Waals surface area (Å²) >= 11 is 1.57. The quantitative estimate of drug-likeness (QED) is 0.665. The summed E-state index contributed by atoms with van der Waals surface area (Å²) in [5, 5.41) is 10.3. The minimum atomic E-state index is 0.623. The molecule has 0 N–H and O–H groups in total. The SMILES string of the molecule is N#C/C(=C\N1CCc2ccccc21)c1nc2ccccc2s1. The number of thiazole rings is 1. The van der Waals surface area contributed by atoms with Crippen LogP contribution in [-0.2, 0) is 6.42 Å². The second kappa shape index (κ2) is 5.28. The molecule has 0 fully saturated rings. The van der Waals surface area contributed by atoms with Crippen molar-refractivity contribution < 1.29 is 0 Å². The molecular weight excluding hydrogens is 290 g/mol. The highest BCUT2D eigenvalue weighted by Gasteiger charge is 2.18. The zero-order valence-corrected chi connectivity index (χ0v) is 12.7. The molecule has 0 aliphatic carbocycles. The number of para-hydroxylation sites is 2. The third-order valence-corrected chi connectivity index (χ3v) is 4.92. The summed E-state index contributed by atoms with van der Waals surface area (Å²) < 4.78 is 1.11. The zero-order chi connectivity index (χ0) is 14.9. The molecule has 0 amide bonds. The lowest BCUT2D eigenvalue weighted by atomic mass is 10.2.